The van der Waals surface area contributed by atoms with Gasteiger partial charge in [0, 0.05) is 46.0 Å². The minimum Gasteiger partial charge on any atom is -0.493 e. The van der Waals surface area contributed by atoms with Crippen LogP contribution in [0.3, 0.4) is 0 Å². The third kappa shape index (κ3) is 3.60. The molecule has 2 N–H and O–H groups in total. The van der Waals surface area contributed by atoms with Crippen LogP contribution in [0, 0.1) is 13.8 Å². The third-order valence-corrected chi connectivity index (χ3v) is 5.17. The number of H-pyrrole nitrogens is 1. The summed E-state index contributed by atoms with van der Waals surface area (Å²) in [5.41, 5.74) is 4.33. The molecule has 1 aromatic carbocycles. The van der Waals surface area contributed by atoms with E-state index in [-0.39, 0.29) is 5.56 Å². The van der Waals surface area contributed by atoms with Gasteiger partial charge in [-0.2, -0.15) is 0 Å². The molecule has 0 spiro atoms. The quantitative estimate of drug-likeness (QED) is 0.663. The molecule has 1 aliphatic heterocycles. The number of nitrogens with zero attached hydrogens (tertiary/aromatic N) is 2. The molecule has 0 unspecified atom stereocenters. The van der Waals surface area contributed by atoms with Crippen molar-refractivity contribution in [2.24, 2.45) is 0 Å². The van der Waals surface area contributed by atoms with Crippen molar-refractivity contribution >= 4 is 21.7 Å². The Labute approximate surface area is 165 Å². The summed E-state index contributed by atoms with van der Waals surface area (Å²) in [5, 5.41) is 3.32. The molecule has 7 heteroatoms. The zero-order valence-corrected chi connectivity index (χ0v) is 16.7. The minimum absolute atomic E-state index is 0.122. The molecule has 1 aliphatic rings. The maximum Gasteiger partial charge on any atom is 0.254 e. The van der Waals surface area contributed by atoms with Gasteiger partial charge < -0.3 is 15.0 Å². The Balaban J connectivity index is 1.52. The van der Waals surface area contributed by atoms with Crippen LogP contribution in [0.25, 0.3) is 11.4 Å². The predicted molar refractivity (Wildman–Crippen MR) is 108 cm³/mol. The summed E-state index contributed by atoms with van der Waals surface area (Å²) in [6.45, 7) is 4.94. The van der Waals surface area contributed by atoms with Gasteiger partial charge >= 0.3 is 0 Å². The number of aromatic nitrogens is 3. The topological polar surface area (TPSA) is 79.9 Å². The average Bonchev–Trinajstić information content (AvgIpc) is 3.12. The SMILES string of the molecule is Cc1nc(-c2ccc(NCc3cc(Br)cc4c3OCC4)nc2)[nH]c(=O)c1C. The van der Waals surface area contributed by atoms with Crippen molar-refractivity contribution in [3.63, 3.8) is 0 Å². The lowest BCUT2D eigenvalue weighted by Crippen LogP contribution is -2.14. The highest BCUT2D eigenvalue weighted by Gasteiger charge is 2.17. The number of ether oxygens (including phenoxy) is 1. The number of anilines is 1. The molecule has 0 bridgehead atoms. The Bertz CT molecular complexity index is 1060. The Hall–Kier alpha value is -2.67. The summed E-state index contributed by atoms with van der Waals surface area (Å²) in [7, 11) is 0. The van der Waals surface area contributed by atoms with E-state index in [2.05, 4.69) is 48.3 Å². The van der Waals surface area contributed by atoms with Gasteiger partial charge in [0.1, 0.15) is 17.4 Å². The number of fused-ring (bicyclic) bond motifs is 1. The van der Waals surface area contributed by atoms with E-state index in [0.29, 0.717) is 17.9 Å². The number of hydrogen-bond acceptors (Lipinski definition) is 5. The molecule has 0 aliphatic carbocycles. The van der Waals surface area contributed by atoms with Crippen molar-refractivity contribution in [2.75, 3.05) is 11.9 Å². The summed E-state index contributed by atoms with van der Waals surface area (Å²) < 4.78 is 6.81. The highest BCUT2D eigenvalue weighted by molar-refractivity contribution is 9.10. The summed E-state index contributed by atoms with van der Waals surface area (Å²) in [6.07, 6.45) is 2.65. The summed E-state index contributed by atoms with van der Waals surface area (Å²) in [5.74, 6) is 2.25. The van der Waals surface area contributed by atoms with Gasteiger partial charge in [-0.3, -0.25) is 4.79 Å². The normalized spacial score (nSPS) is 12.6. The van der Waals surface area contributed by atoms with Gasteiger partial charge in [-0.15, -0.1) is 0 Å². The van der Waals surface area contributed by atoms with Gasteiger partial charge in [0.15, 0.2) is 0 Å². The van der Waals surface area contributed by atoms with Crippen molar-refractivity contribution in [3.8, 4) is 17.1 Å². The van der Waals surface area contributed by atoms with E-state index >= 15 is 0 Å². The van der Waals surface area contributed by atoms with E-state index in [1.807, 2.05) is 19.1 Å². The maximum atomic E-state index is 11.9. The maximum absolute atomic E-state index is 11.9. The number of benzene rings is 1. The van der Waals surface area contributed by atoms with Gasteiger partial charge in [0.2, 0.25) is 0 Å². The number of nitrogens with one attached hydrogen (secondary N) is 2. The second-order valence-electron chi connectivity index (χ2n) is 6.56. The van der Waals surface area contributed by atoms with Crippen LogP contribution in [0.4, 0.5) is 5.82 Å². The van der Waals surface area contributed by atoms with Crippen molar-refractivity contribution < 1.29 is 4.74 Å². The Morgan fingerprint density at radius 2 is 2.15 bits per heavy atom. The minimum atomic E-state index is -0.122. The fraction of sp³-hybridized carbons (Fsp3) is 0.250. The molecular formula is C20H19BrN4O2. The van der Waals surface area contributed by atoms with E-state index in [0.717, 1.165) is 45.9 Å². The molecule has 0 amide bonds. The molecule has 0 atom stereocenters. The van der Waals surface area contributed by atoms with Crippen LogP contribution in [0.15, 0.2) is 39.7 Å². The van der Waals surface area contributed by atoms with E-state index in [1.165, 1.54) is 5.56 Å². The van der Waals surface area contributed by atoms with Crippen LogP contribution in [0.1, 0.15) is 22.4 Å². The second kappa shape index (κ2) is 7.15. The Morgan fingerprint density at radius 1 is 1.30 bits per heavy atom. The third-order valence-electron chi connectivity index (χ3n) is 4.72. The molecule has 4 rings (SSSR count). The van der Waals surface area contributed by atoms with Gasteiger partial charge in [-0.1, -0.05) is 15.9 Å². The summed E-state index contributed by atoms with van der Waals surface area (Å²) in [4.78, 5) is 23.6. The van der Waals surface area contributed by atoms with Crippen LogP contribution in [0.5, 0.6) is 5.75 Å². The molecule has 3 aromatic rings. The molecule has 2 aromatic heterocycles. The first-order chi connectivity index (χ1) is 13.0. The summed E-state index contributed by atoms with van der Waals surface area (Å²) in [6, 6.07) is 7.94. The molecule has 3 heterocycles. The molecular weight excluding hydrogens is 408 g/mol. The number of halogens is 1. The fourth-order valence-electron chi connectivity index (χ4n) is 3.08. The number of hydrogen-bond donors (Lipinski definition) is 2. The van der Waals surface area contributed by atoms with Gasteiger partial charge in [0.25, 0.3) is 5.56 Å². The highest BCUT2D eigenvalue weighted by Crippen LogP contribution is 2.33. The van der Waals surface area contributed by atoms with Crippen molar-refractivity contribution in [2.45, 2.75) is 26.8 Å². The highest BCUT2D eigenvalue weighted by atomic mass is 79.9. The summed E-state index contributed by atoms with van der Waals surface area (Å²) >= 11 is 3.56. The molecule has 138 valence electrons. The Kier molecular flexibility index (Phi) is 4.70. The molecule has 6 nitrogen and oxygen atoms in total. The smallest absolute Gasteiger partial charge is 0.254 e. The molecule has 27 heavy (non-hydrogen) atoms. The number of rotatable bonds is 4. The first-order valence-corrected chi connectivity index (χ1v) is 9.52. The van der Waals surface area contributed by atoms with E-state index in [4.69, 9.17) is 4.74 Å². The first-order valence-electron chi connectivity index (χ1n) is 8.73. The van der Waals surface area contributed by atoms with Crippen molar-refractivity contribution in [1.82, 2.24) is 15.0 Å². The lowest BCUT2D eigenvalue weighted by Gasteiger charge is -2.11. The monoisotopic (exact) mass is 426 g/mol. The zero-order chi connectivity index (χ0) is 19.0. The van der Waals surface area contributed by atoms with E-state index in [1.54, 1.807) is 13.1 Å². The van der Waals surface area contributed by atoms with Crippen LogP contribution >= 0.6 is 15.9 Å². The number of aryl methyl sites for hydroxylation is 1. The molecule has 0 radical (unpaired) electrons. The van der Waals surface area contributed by atoms with Crippen LogP contribution in [-0.2, 0) is 13.0 Å². The molecule has 0 saturated heterocycles. The predicted octanol–water partition coefficient (Wildman–Crippen LogP) is 3.76. The second-order valence-corrected chi connectivity index (χ2v) is 7.48. The Morgan fingerprint density at radius 3 is 2.89 bits per heavy atom. The molecule has 0 fully saturated rings. The zero-order valence-electron chi connectivity index (χ0n) is 15.1. The van der Waals surface area contributed by atoms with Crippen LogP contribution in [0.2, 0.25) is 0 Å². The van der Waals surface area contributed by atoms with Gasteiger partial charge in [0.05, 0.1) is 6.61 Å². The van der Waals surface area contributed by atoms with Gasteiger partial charge in [-0.05, 0) is 43.7 Å². The van der Waals surface area contributed by atoms with Crippen LogP contribution in [-0.4, -0.2) is 21.6 Å². The van der Waals surface area contributed by atoms with Gasteiger partial charge in [-0.25, -0.2) is 9.97 Å². The number of aromatic amines is 1. The van der Waals surface area contributed by atoms with Crippen LogP contribution < -0.4 is 15.6 Å². The number of pyridine rings is 1. The largest absolute Gasteiger partial charge is 0.493 e. The van der Waals surface area contributed by atoms with E-state index in [9.17, 15) is 4.79 Å². The first kappa shape index (κ1) is 17.7. The lowest BCUT2D eigenvalue weighted by molar-refractivity contribution is 0.354. The fourth-order valence-corrected chi connectivity index (χ4v) is 3.64. The average molecular weight is 427 g/mol. The van der Waals surface area contributed by atoms with Crippen molar-refractivity contribution in [1.29, 1.82) is 0 Å². The standard InChI is InChI=1S/C20H19BrN4O2/c1-11-12(2)24-19(25-20(11)26)14-3-4-17(22-9-14)23-10-15-8-16(21)7-13-5-6-27-18(13)15/h3-4,7-9H,5-6,10H2,1-2H3,(H,22,23)(H,24,25,26). The lowest BCUT2D eigenvalue weighted by atomic mass is 10.1. The van der Waals surface area contributed by atoms with Crippen molar-refractivity contribution in [3.05, 3.63) is 67.7 Å². The van der Waals surface area contributed by atoms with E-state index < -0.39 is 0 Å². The molecule has 0 saturated carbocycles.